The van der Waals surface area contributed by atoms with Gasteiger partial charge in [0, 0.05) is 39.4 Å². The van der Waals surface area contributed by atoms with E-state index < -0.39 is 10.0 Å². The van der Waals surface area contributed by atoms with E-state index in [2.05, 4.69) is 47.3 Å². The van der Waals surface area contributed by atoms with Crippen LogP contribution in [0, 0.1) is 5.41 Å². The van der Waals surface area contributed by atoms with Gasteiger partial charge in [-0.25, -0.2) is 13.4 Å². The maximum absolute atomic E-state index is 12.9. The van der Waals surface area contributed by atoms with Crippen molar-refractivity contribution in [1.29, 1.82) is 0 Å². The average molecular weight is 389 g/mol. The third-order valence-corrected chi connectivity index (χ3v) is 7.94. The molecule has 146 valence electrons. The summed E-state index contributed by atoms with van der Waals surface area (Å²) < 4.78 is 29.0. The van der Waals surface area contributed by atoms with Crippen molar-refractivity contribution in [2.24, 2.45) is 12.5 Å². The Labute approximate surface area is 161 Å². The molecule has 2 saturated heterocycles. The zero-order valence-corrected chi connectivity index (χ0v) is 16.9. The van der Waals surface area contributed by atoms with Crippen LogP contribution in [0.1, 0.15) is 30.7 Å². The number of hydrogen-bond acceptors (Lipinski definition) is 4. The number of likely N-dealkylation sites (N-methyl/N-ethyl adjacent to an activating group) is 1. The highest BCUT2D eigenvalue weighted by Crippen LogP contribution is 2.45. The summed E-state index contributed by atoms with van der Waals surface area (Å²) in [5.74, 6) is 0.517. The molecule has 0 amide bonds. The number of rotatable bonds is 3. The minimum atomic E-state index is -3.49. The molecule has 0 N–H and O–H groups in total. The largest absolute Gasteiger partial charge is 0.339 e. The number of aromatic nitrogens is 2. The molecular formula is C20H28N4O2S. The van der Waals surface area contributed by atoms with E-state index >= 15 is 0 Å². The lowest BCUT2D eigenvalue weighted by molar-refractivity contribution is 0.0440. The molecule has 2 aliphatic rings. The van der Waals surface area contributed by atoms with Crippen molar-refractivity contribution >= 4 is 10.0 Å². The summed E-state index contributed by atoms with van der Waals surface area (Å²) in [4.78, 5) is 6.48. The molecule has 2 aliphatic heterocycles. The van der Waals surface area contributed by atoms with Crippen LogP contribution < -0.4 is 0 Å². The normalized spacial score (nSPS) is 24.3. The van der Waals surface area contributed by atoms with Crippen molar-refractivity contribution in [2.75, 3.05) is 33.2 Å². The molecule has 1 aromatic heterocycles. The molecule has 2 fully saturated rings. The number of aryl methyl sites for hydroxylation is 1. The molecular weight excluding hydrogens is 360 g/mol. The molecule has 0 saturated carbocycles. The lowest BCUT2D eigenvalue weighted by Crippen LogP contribution is -2.51. The molecule has 1 spiro atoms. The predicted molar refractivity (Wildman–Crippen MR) is 105 cm³/mol. The van der Waals surface area contributed by atoms with Crippen molar-refractivity contribution < 1.29 is 8.42 Å². The quantitative estimate of drug-likeness (QED) is 0.810. The number of benzene rings is 1. The maximum Gasteiger partial charge on any atom is 0.262 e. The molecule has 0 aliphatic carbocycles. The number of sulfonamides is 1. The topological polar surface area (TPSA) is 58.4 Å². The smallest absolute Gasteiger partial charge is 0.262 e. The number of hydrogen-bond donors (Lipinski definition) is 0. The van der Waals surface area contributed by atoms with E-state index in [-0.39, 0.29) is 10.4 Å². The van der Waals surface area contributed by atoms with Crippen LogP contribution in [0.25, 0.3) is 0 Å². The van der Waals surface area contributed by atoms with Crippen LogP contribution in [-0.2, 0) is 17.1 Å². The second-order valence-electron chi connectivity index (χ2n) is 8.29. The van der Waals surface area contributed by atoms with Gasteiger partial charge in [-0.15, -0.1) is 0 Å². The maximum atomic E-state index is 12.9. The highest BCUT2D eigenvalue weighted by Gasteiger charge is 2.43. The van der Waals surface area contributed by atoms with Gasteiger partial charge in [0.25, 0.3) is 10.0 Å². The van der Waals surface area contributed by atoms with E-state index in [0.717, 1.165) is 32.4 Å². The van der Waals surface area contributed by atoms with Crippen LogP contribution in [0.15, 0.2) is 47.9 Å². The molecule has 3 heterocycles. The highest BCUT2D eigenvalue weighted by molar-refractivity contribution is 7.89. The third-order valence-electron chi connectivity index (χ3n) is 6.16. The number of piperidine rings is 2. The highest BCUT2D eigenvalue weighted by atomic mass is 32.2. The summed E-state index contributed by atoms with van der Waals surface area (Å²) in [7, 11) is 0.491. The Kier molecular flexibility index (Phi) is 4.86. The van der Waals surface area contributed by atoms with E-state index in [1.807, 2.05) is 0 Å². The first-order valence-electron chi connectivity index (χ1n) is 9.60. The first-order valence-corrected chi connectivity index (χ1v) is 11.0. The van der Waals surface area contributed by atoms with Crippen molar-refractivity contribution in [2.45, 2.75) is 30.2 Å². The van der Waals surface area contributed by atoms with E-state index in [9.17, 15) is 8.42 Å². The SMILES string of the molecule is CN1CC(c2ccccc2)CC2(CCN(S(=O)(=O)c3cn(C)cn3)CC2)C1. The van der Waals surface area contributed by atoms with Crippen LogP contribution in [0.5, 0.6) is 0 Å². The van der Waals surface area contributed by atoms with Crippen molar-refractivity contribution in [3.05, 3.63) is 48.4 Å². The number of nitrogens with zero attached hydrogens (tertiary/aromatic N) is 4. The monoisotopic (exact) mass is 388 g/mol. The minimum Gasteiger partial charge on any atom is -0.339 e. The Bertz CT molecular complexity index is 886. The summed E-state index contributed by atoms with van der Waals surface area (Å²) in [6.45, 7) is 3.28. The van der Waals surface area contributed by atoms with Crippen LogP contribution in [0.2, 0.25) is 0 Å². The Morgan fingerprint density at radius 3 is 2.44 bits per heavy atom. The van der Waals surface area contributed by atoms with E-state index in [1.165, 1.54) is 5.56 Å². The summed E-state index contributed by atoms with van der Waals surface area (Å²) in [6, 6.07) is 10.7. The van der Waals surface area contributed by atoms with Gasteiger partial charge in [0.2, 0.25) is 0 Å². The van der Waals surface area contributed by atoms with Crippen LogP contribution >= 0.6 is 0 Å². The van der Waals surface area contributed by atoms with Crippen molar-refractivity contribution in [3.63, 3.8) is 0 Å². The Balaban J connectivity index is 1.49. The first kappa shape index (κ1) is 18.7. The molecule has 6 nitrogen and oxygen atoms in total. The van der Waals surface area contributed by atoms with E-state index in [0.29, 0.717) is 19.0 Å². The van der Waals surface area contributed by atoms with E-state index in [4.69, 9.17) is 0 Å². The summed E-state index contributed by atoms with van der Waals surface area (Å²) in [5.41, 5.74) is 1.59. The fourth-order valence-electron chi connectivity index (χ4n) is 4.83. The van der Waals surface area contributed by atoms with Gasteiger partial charge < -0.3 is 9.47 Å². The molecule has 2 aromatic rings. The molecule has 27 heavy (non-hydrogen) atoms. The third kappa shape index (κ3) is 3.68. The minimum absolute atomic E-state index is 0.156. The van der Waals surface area contributed by atoms with Gasteiger partial charge in [0.1, 0.15) is 0 Å². The zero-order chi connectivity index (χ0) is 19.1. The molecule has 1 atom stereocenters. The van der Waals surface area contributed by atoms with Gasteiger partial charge in [0.05, 0.1) is 6.33 Å². The van der Waals surface area contributed by atoms with Gasteiger partial charge in [-0.05, 0) is 43.2 Å². The molecule has 1 aromatic carbocycles. The zero-order valence-electron chi connectivity index (χ0n) is 16.1. The fourth-order valence-corrected chi connectivity index (χ4v) is 6.24. The average Bonchev–Trinajstić information content (AvgIpc) is 3.09. The van der Waals surface area contributed by atoms with Crippen LogP contribution in [0.4, 0.5) is 0 Å². The first-order chi connectivity index (χ1) is 12.9. The predicted octanol–water partition coefficient (Wildman–Crippen LogP) is 2.31. The second kappa shape index (κ2) is 7.04. The van der Waals surface area contributed by atoms with Gasteiger partial charge >= 0.3 is 0 Å². The standard InChI is InChI=1S/C20H28N4O2S/c1-22-13-18(17-6-4-3-5-7-17)12-20(15-22)8-10-24(11-9-20)27(25,26)19-14-23(2)16-21-19/h3-7,14,16,18H,8-13,15H2,1-2H3. The van der Waals surface area contributed by atoms with Crippen LogP contribution in [-0.4, -0.2) is 60.4 Å². The summed E-state index contributed by atoms with van der Waals surface area (Å²) >= 11 is 0. The Morgan fingerprint density at radius 2 is 1.81 bits per heavy atom. The molecule has 0 bridgehead atoms. The lowest BCUT2D eigenvalue weighted by atomic mass is 9.68. The fraction of sp³-hybridized carbons (Fsp3) is 0.550. The number of imidazole rings is 1. The Hall–Kier alpha value is -1.70. The summed E-state index contributed by atoms with van der Waals surface area (Å²) in [5, 5.41) is 0.156. The molecule has 1 unspecified atom stereocenters. The van der Waals surface area contributed by atoms with Crippen LogP contribution in [0.3, 0.4) is 0 Å². The van der Waals surface area contributed by atoms with Gasteiger partial charge in [-0.3, -0.25) is 0 Å². The van der Waals surface area contributed by atoms with Gasteiger partial charge in [-0.1, -0.05) is 30.3 Å². The van der Waals surface area contributed by atoms with Crippen molar-refractivity contribution in [1.82, 2.24) is 18.8 Å². The second-order valence-corrected chi connectivity index (χ2v) is 10.2. The van der Waals surface area contributed by atoms with E-state index in [1.54, 1.807) is 28.4 Å². The molecule has 7 heteroatoms. The summed E-state index contributed by atoms with van der Waals surface area (Å²) in [6.07, 6.45) is 6.08. The van der Waals surface area contributed by atoms with Gasteiger partial charge in [-0.2, -0.15) is 4.31 Å². The lowest BCUT2D eigenvalue weighted by Gasteiger charge is -2.49. The number of likely N-dealkylation sites (tertiary alicyclic amines) is 1. The van der Waals surface area contributed by atoms with Crippen molar-refractivity contribution in [3.8, 4) is 0 Å². The van der Waals surface area contributed by atoms with Gasteiger partial charge in [0.15, 0.2) is 5.03 Å². The Morgan fingerprint density at radius 1 is 1.11 bits per heavy atom. The molecule has 4 rings (SSSR count). The molecule has 0 radical (unpaired) electrons.